The molecule has 0 saturated heterocycles. The van der Waals surface area contributed by atoms with Crippen molar-refractivity contribution in [2.75, 3.05) is 0 Å². The molecule has 0 N–H and O–H groups in total. The Morgan fingerprint density at radius 1 is 0.518 bits per heavy atom. The van der Waals surface area contributed by atoms with Gasteiger partial charge in [-0.2, -0.15) is 0 Å². The molecule has 0 saturated carbocycles. The molecule has 8 aromatic rings. The van der Waals surface area contributed by atoms with E-state index in [0.717, 1.165) is 34.2 Å². The maximum Gasteiger partial charge on any atom is 0.0896 e. The van der Waals surface area contributed by atoms with Gasteiger partial charge in [0.2, 0.25) is 0 Å². The van der Waals surface area contributed by atoms with Crippen LogP contribution in [0.1, 0.15) is 73.3 Å². The van der Waals surface area contributed by atoms with Crippen molar-refractivity contribution in [3.63, 3.8) is 0 Å². The fourth-order valence-electron chi connectivity index (χ4n) is 7.58. The Bertz CT molecular complexity index is 2360. The topological polar surface area (TPSA) is 26.3 Å². The van der Waals surface area contributed by atoms with Gasteiger partial charge in [0.05, 0.1) is 23.0 Å². The molecular weight excluding hydrogens is 823 g/mol. The number of rotatable bonds is 6. The van der Waals surface area contributed by atoms with Gasteiger partial charge in [0.25, 0.3) is 0 Å². The minimum absolute atomic E-state index is 0. The first-order chi connectivity index (χ1) is 25.8. The fraction of sp³-hybridized carbons (Fsp3) is 0.240. The number of fused-ring (bicyclic) bond motifs is 2. The molecule has 0 spiro atoms. The predicted molar refractivity (Wildman–Crippen MR) is 230 cm³/mol. The van der Waals surface area contributed by atoms with Crippen molar-refractivity contribution in [2.45, 2.75) is 80.3 Å². The fourth-order valence-corrected chi connectivity index (χ4v) is 7.58. The van der Waals surface area contributed by atoms with E-state index in [4.69, 9.17) is 8.83 Å². The summed E-state index contributed by atoms with van der Waals surface area (Å²) in [4.78, 5) is 0. The van der Waals surface area contributed by atoms with Gasteiger partial charge in [-0.25, -0.2) is 0 Å². The van der Waals surface area contributed by atoms with Crippen molar-refractivity contribution in [3.05, 3.63) is 155 Å². The number of hydrogen-bond donors (Lipinski definition) is 0. The molecule has 0 aliphatic heterocycles. The molecule has 0 unspecified atom stereocenters. The molecule has 0 radical (unpaired) electrons. The standard InChI is InChI=1S/2C24H23O.C2H6Si.2ClH.Zr/c2*1-15(2)21-13-19-12-20(23-11-10-16(3)25-23)14-22(19)24(17(21)4)18-8-6-5-7-9-18;1-3-2;;;/h2*5-15H,1-4H3;1-2H3;2*1H;/q2*-1;;;;+2/p-2. The largest absolute Gasteiger partial charge is 1.00 e. The van der Waals surface area contributed by atoms with Crippen LogP contribution in [0.2, 0.25) is 13.1 Å². The van der Waals surface area contributed by atoms with E-state index in [-0.39, 0.29) is 30.2 Å². The first-order valence-corrected chi connectivity index (χ1v) is 25.2. The van der Waals surface area contributed by atoms with Gasteiger partial charge in [-0.15, -0.1) is 57.9 Å². The van der Waals surface area contributed by atoms with Gasteiger partial charge in [0.15, 0.2) is 0 Å². The molecule has 2 heterocycles. The Hall–Kier alpha value is -3.66. The number of hydrogen-bond acceptors (Lipinski definition) is 2. The Morgan fingerprint density at radius 2 is 0.857 bits per heavy atom. The first kappa shape index (κ1) is 45.0. The summed E-state index contributed by atoms with van der Waals surface area (Å²) < 4.78 is 11.7. The van der Waals surface area contributed by atoms with E-state index >= 15 is 0 Å². The van der Waals surface area contributed by atoms with Crippen molar-refractivity contribution in [3.8, 4) is 44.9 Å². The Balaban J connectivity index is 0.000000220. The second-order valence-electron chi connectivity index (χ2n) is 15.3. The zero-order chi connectivity index (χ0) is 38.7. The van der Waals surface area contributed by atoms with Crippen LogP contribution < -0.4 is 24.8 Å². The summed E-state index contributed by atoms with van der Waals surface area (Å²) in [7, 11) is 0. The summed E-state index contributed by atoms with van der Waals surface area (Å²) in [6, 6.07) is 43.3. The van der Waals surface area contributed by atoms with Crippen LogP contribution in [-0.4, -0.2) is 5.43 Å². The van der Waals surface area contributed by atoms with E-state index in [1.807, 2.05) is 26.0 Å². The number of halogens is 2. The van der Waals surface area contributed by atoms with Crippen LogP contribution in [0.5, 0.6) is 0 Å². The normalized spacial score (nSPS) is 10.8. The summed E-state index contributed by atoms with van der Waals surface area (Å²) in [5, 5.41) is 5.18. The average molecular weight is 875 g/mol. The Morgan fingerprint density at radius 3 is 1.14 bits per heavy atom. The third-order valence-electron chi connectivity index (χ3n) is 10.0. The quantitative estimate of drug-likeness (QED) is 0.123. The van der Waals surface area contributed by atoms with E-state index in [1.165, 1.54) is 66.1 Å². The summed E-state index contributed by atoms with van der Waals surface area (Å²) >= 11 is 1.74. The summed E-state index contributed by atoms with van der Waals surface area (Å²) in [6.07, 6.45) is 0. The van der Waals surface area contributed by atoms with E-state index in [2.05, 4.69) is 164 Å². The second-order valence-corrected chi connectivity index (χ2v) is 24.7. The van der Waals surface area contributed by atoms with Crippen molar-refractivity contribution < 1.29 is 57.0 Å². The number of furan rings is 2. The monoisotopic (exact) mass is 872 g/mol. The molecule has 2 nitrogen and oxygen atoms in total. The zero-order valence-corrected chi connectivity index (χ0v) is 39.2. The van der Waals surface area contributed by atoms with Crippen LogP contribution >= 0.6 is 0 Å². The molecule has 0 amide bonds. The van der Waals surface area contributed by atoms with E-state index in [9.17, 15) is 0 Å². The van der Waals surface area contributed by atoms with Gasteiger partial charge in [0.1, 0.15) is 0 Å². The summed E-state index contributed by atoms with van der Waals surface area (Å²) in [5.41, 5.74) is 13.3. The molecule has 8 rings (SSSR count). The molecule has 0 atom stereocenters. The number of benzene rings is 4. The van der Waals surface area contributed by atoms with Crippen LogP contribution in [0.25, 0.3) is 66.4 Å². The van der Waals surface area contributed by atoms with Crippen LogP contribution in [0.15, 0.2) is 130 Å². The van der Waals surface area contributed by atoms with Gasteiger partial charge in [-0.1, -0.05) is 122 Å². The Labute approximate surface area is 361 Å². The third-order valence-corrected chi connectivity index (χ3v) is 10.0. The van der Waals surface area contributed by atoms with E-state index in [1.54, 1.807) is 23.3 Å². The van der Waals surface area contributed by atoms with Gasteiger partial charge in [-0.3, -0.25) is 0 Å². The average Bonchev–Trinajstić information content (AvgIpc) is 3.95. The smallest absolute Gasteiger partial charge is 0.0896 e. The van der Waals surface area contributed by atoms with Crippen LogP contribution in [-0.2, 0) is 23.3 Å². The maximum atomic E-state index is 5.85. The van der Waals surface area contributed by atoms with Gasteiger partial charge >= 0.3 is 41.9 Å². The molecule has 2 aromatic heterocycles. The van der Waals surface area contributed by atoms with E-state index in [0.29, 0.717) is 11.8 Å². The van der Waals surface area contributed by atoms with Crippen molar-refractivity contribution in [1.29, 1.82) is 0 Å². The summed E-state index contributed by atoms with van der Waals surface area (Å²) in [6.45, 7) is 22.2. The molecule has 56 heavy (non-hydrogen) atoms. The van der Waals surface area contributed by atoms with Crippen LogP contribution in [0.4, 0.5) is 0 Å². The molecule has 0 bridgehead atoms. The molecule has 6 aromatic carbocycles. The molecule has 0 fully saturated rings. The van der Waals surface area contributed by atoms with Crippen molar-refractivity contribution >= 4 is 27.0 Å². The van der Waals surface area contributed by atoms with Gasteiger partial charge in [-0.05, 0) is 86.1 Å². The predicted octanol–water partition coefficient (Wildman–Crippen LogP) is 9.24. The minimum Gasteiger partial charge on any atom is -1.00 e. The summed E-state index contributed by atoms with van der Waals surface area (Å²) in [5.74, 6) is 4.77. The van der Waals surface area contributed by atoms with Gasteiger partial charge in [0, 0.05) is 0 Å². The third kappa shape index (κ3) is 10.1. The van der Waals surface area contributed by atoms with Gasteiger partial charge < -0.3 is 33.6 Å². The van der Waals surface area contributed by atoms with Crippen molar-refractivity contribution in [2.24, 2.45) is 0 Å². The molecule has 6 heteroatoms. The van der Waals surface area contributed by atoms with Crippen molar-refractivity contribution in [1.82, 2.24) is 0 Å². The second kappa shape index (κ2) is 19.7. The first-order valence-electron chi connectivity index (χ1n) is 19.1. The molecular formula is C50H52Cl2O2SiZr-2. The van der Waals surface area contributed by atoms with Crippen LogP contribution in [0.3, 0.4) is 0 Å². The van der Waals surface area contributed by atoms with E-state index < -0.39 is 0 Å². The maximum absolute atomic E-state index is 5.85. The molecule has 288 valence electrons. The molecule has 0 aliphatic carbocycles. The molecule has 0 aliphatic rings. The SMILES string of the molecule is C[Si](C)=[Zr+2].Cc1ccc(-c2cc3c(-c4ccccc4)c(C)c(C(C)C)cc3[cH-]2)o1.Cc1ccc(-c2cc3c(-c4ccccc4)c(C)c(C(C)C)cc3[cH-]2)o1.[Cl-].[Cl-]. The van der Waals surface area contributed by atoms with Crippen LogP contribution in [0, 0.1) is 27.7 Å². The number of aryl methyl sites for hydroxylation is 2. The zero-order valence-electron chi connectivity index (χ0n) is 34.3. The Kier molecular flexibility index (Phi) is 15.8. The minimum atomic E-state index is 0.